The van der Waals surface area contributed by atoms with E-state index in [0.29, 0.717) is 22.1 Å². The van der Waals surface area contributed by atoms with Gasteiger partial charge in [-0.05, 0) is 18.2 Å². The van der Waals surface area contributed by atoms with Crippen LogP contribution in [0.4, 0.5) is 11.4 Å². The molecule has 0 bridgehead atoms. The second kappa shape index (κ2) is 5.19. The largest absolute Gasteiger partial charge is 0.495 e. The number of nitrogens with two attached hydrogens (primary N) is 1. The van der Waals surface area contributed by atoms with E-state index < -0.39 is 0 Å². The van der Waals surface area contributed by atoms with E-state index in [1.165, 1.54) is 11.8 Å². The van der Waals surface area contributed by atoms with Gasteiger partial charge in [0, 0.05) is 18.9 Å². The number of carbonyl (C=O) groups is 1. The van der Waals surface area contributed by atoms with E-state index in [9.17, 15) is 4.79 Å². The SMILES string of the molecule is COc1ccc(NC(=O)c2nn(C)cc2N)cc1Cl. The maximum atomic E-state index is 12.0. The molecule has 6 nitrogen and oxygen atoms in total. The number of halogens is 1. The summed E-state index contributed by atoms with van der Waals surface area (Å²) < 4.78 is 6.51. The predicted molar refractivity (Wildman–Crippen MR) is 73.6 cm³/mol. The molecule has 0 unspecified atom stereocenters. The summed E-state index contributed by atoms with van der Waals surface area (Å²) in [5, 5.41) is 7.07. The molecule has 7 heteroatoms. The van der Waals surface area contributed by atoms with Crippen LogP contribution >= 0.6 is 11.6 Å². The zero-order valence-corrected chi connectivity index (χ0v) is 11.2. The number of amides is 1. The smallest absolute Gasteiger partial charge is 0.278 e. The Bertz CT molecular complexity index is 624. The zero-order chi connectivity index (χ0) is 14.0. The molecular weight excluding hydrogens is 268 g/mol. The van der Waals surface area contributed by atoms with Crippen molar-refractivity contribution >= 4 is 28.9 Å². The normalized spacial score (nSPS) is 10.3. The number of nitrogens with one attached hydrogen (secondary N) is 1. The number of aromatic nitrogens is 2. The first-order valence-corrected chi connectivity index (χ1v) is 5.83. The van der Waals surface area contributed by atoms with Gasteiger partial charge in [0.25, 0.3) is 5.91 Å². The van der Waals surface area contributed by atoms with E-state index in [1.54, 1.807) is 31.4 Å². The van der Waals surface area contributed by atoms with Crippen LogP contribution in [0.2, 0.25) is 5.02 Å². The number of hydrogen-bond acceptors (Lipinski definition) is 4. The minimum absolute atomic E-state index is 0.175. The molecule has 0 saturated heterocycles. The van der Waals surface area contributed by atoms with Crippen molar-refractivity contribution in [2.75, 3.05) is 18.2 Å². The van der Waals surface area contributed by atoms with Gasteiger partial charge in [0.05, 0.1) is 17.8 Å². The minimum Gasteiger partial charge on any atom is -0.495 e. The van der Waals surface area contributed by atoms with E-state index >= 15 is 0 Å². The summed E-state index contributed by atoms with van der Waals surface area (Å²) in [6.45, 7) is 0. The van der Waals surface area contributed by atoms with Crippen molar-refractivity contribution < 1.29 is 9.53 Å². The molecule has 1 aromatic carbocycles. The number of nitrogen functional groups attached to an aromatic ring is 1. The van der Waals surface area contributed by atoms with E-state index in [0.717, 1.165) is 0 Å². The Morgan fingerprint density at radius 2 is 2.26 bits per heavy atom. The summed E-state index contributed by atoms with van der Waals surface area (Å²) in [5.41, 5.74) is 6.72. The van der Waals surface area contributed by atoms with Gasteiger partial charge in [-0.3, -0.25) is 9.48 Å². The number of aryl methyl sites for hydroxylation is 1. The Morgan fingerprint density at radius 3 is 2.79 bits per heavy atom. The molecule has 2 rings (SSSR count). The Morgan fingerprint density at radius 1 is 1.53 bits per heavy atom. The fourth-order valence-corrected chi connectivity index (χ4v) is 1.88. The Kier molecular flexibility index (Phi) is 3.62. The van der Waals surface area contributed by atoms with Crippen LogP contribution < -0.4 is 15.8 Å². The number of benzene rings is 1. The van der Waals surface area contributed by atoms with Gasteiger partial charge in [-0.15, -0.1) is 0 Å². The van der Waals surface area contributed by atoms with E-state index in [2.05, 4.69) is 10.4 Å². The van der Waals surface area contributed by atoms with Crippen LogP contribution in [-0.2, 0) is 7.05 Å². The third-order valence-corrected chi connectivity index (χ3v) is 2.78. The van der Waals surface area contributed by atoms with E-state index in [1.807, 2.05) is 0 Å². The highest BCUT2D eigenvalue weighted by molar-refractivity contribution is 6.32. The van der Waals surface area contributed by atoms with Crippen LogP contribution in [0.15, 0.2) is 24.4 Å². The standard InChI is InChI=1S/C12H13ClN4O2/c1-17-6-9(14)11(16-17)12(18)15-7-3-4-10(19-2)8(13)5-7/h3-6H,14H2,1-2H3,(H,15,18). The molecule has 3 N–H and O–H groups in total. The van der Waals surface area contributed by atoms with Gasteiger partial charge in [0.15, 0.2) is 5.69 Å². The quantitative estimate of drug-likeness (QED) is 0.900. The first-order valence-electron chi connectivity index (χ1n) is 5.45. The van der Waals surface area contributed by atoms with Gasteiger partial charge in [-0.2, -0.15) is 5.10 Å². The first-order chi connectivity index (χ1) is 9.01. The monoisotopic (exact) mass is 280 g/mol. The highest BCUT2D eigenvalue weighted by atomic mass is 35.5. The molecule has 1 amide bonds. The summed E-state index contributed by atoms with van der Waals surface area (Å²) in [5.74, 6) is 0.149. The lowest BCUT2D eigenvalue weighted by molar-refractivity contribution is 0.102. The lowest BCUT2D eigenvalue weighted by atomic mass is 10.3. The summed E-state index contributed by atoms with van der Waals surface area (Å²) in [6, 6.07) is 4.94. The molecule has 0 atom stereocenters. The average molecular weight is 281 g/mol. The van der Waals surface area contributed by atoms with Gasteiger partial charge in [-0.1, -0.05) is 11.6 Å². The van der Waals surface area contributed by atoms with Crippen LogP contribution in [0, 0.1) is 0 Å². The topological polar surface area (TPSA) is 82.2 Å². The van der Waals surface area contributed by atoms with Crippen LogP contribution in [0.25, 0.3) is 0 Å². The van der Waals surface area contributed by atoms with Crippen LogP contribution in [0.5, 0.6) is 5.75 Å². The number of carbonyl (C=O) groups excluding carboxylic acids is 1. The molecule has 0 saturated carbocycles. The van der Waals surface area contributed by atoms with Crippen LogP contribution in [-0.4, -0.2) is 22.8 Å². The maximum Gasteiger partial charge on any atom is 0.278 e. The Hall–Kier alpha value is -2.21. The second-order valence-corrected chi connectivity index (χ2v) is 4.32. The lowest BCUT2D eigenvalue weighted by Crippen LogP contribution is -2.14. The summed E-state index contributed by atoms with van der Waals surface area (Å²) in [4.78, 5) is 12.0. The Balaban J connectivity index is 2.19. The van der Waals surface area contributed by atoms with Crippen molar-refractivity contribution in [3.05, 3.63) is 35.1 Å². The number of hydrogen-bond donors (Lipinski definition) is 2. The number of anilines is 2. The van der Waals surface area contributed by atoms with Crippen molar-refractivity contribution in [3.8, 4) is 5.75 Å². The molecule has 0 fully saturated rings. The molecule has 0 radical (unpaired) electrons. The van der Waals surface area contributed by atoms with Crippen molar-refractivity contribution in [2.24, 2.45) is 7.05 Å². The first kappa shape index (κ1) is 13.2. The zero-order valence-electron chi connectivity index (χ0n) is 10.5. The lowest BCUT2D eigenvalue weighted by Gasteiger charge is -2.07. The highest BCUT2D eigenvalue weighted by Crippen LogP contribution is 2.27. The fourth-order valence-electron chi connectivity index (χ4n) is 1.62. The molecule has 1 heterocycles. The third-order valence-electron chi connectivity index (χ3n) is 2.48. The van der Waals surface area contributed by atoms with E-state index in [-0.39, 0.29) is 11.6 Å². The molecule has 0 aliphatic heterocycles. The summed E-state index contributed by atoms with van der Waals surface area (Å²) in [6.07, 6.45) is 1.57. The van der Waals surface area contributed by atoms with Crippen molar-refractivity contribution in [1.82, 2.24) is 9.78 Å². The molecule has 2 aromatic rings. The van der Waals surface area contributed by atoms with Crippen LogP contribution in [0.1, 0.15) is 10.5 Å². The molecule has 0 aliphatic carbocycles. The van der Waals surface area contributed by atoms with Gasteiger partial charge < -0.3 is 15.8 Å². The molecule has 0 aliphatic rings. The predicted octanol–water partition coefficient (Wildman–Crippen LogP) is 1.92. The number of rotatable bonds is 3. The molecule has 19 heavy (non-hydrogen) atoms. The minimum atomic E-state index is -0.390. The summed E-state index contributed by atoms with van der Waals surface area (Å²) in [7, 11) is 3.21. The molecule has 1 aromatic heterocycles. The highest BCUT2D eigenvalue weighted by Gasteiger charge is 2.14. The van der Waals surface area contributed by atoms with Gasteiger partial charge in [0.1, 0.15) is 5.75 Å². The number of nitrogens with zero attached hydrogens (tertiary/aromatic N) is 2. The number of ether oxygens (including phenoxy) is 1. The van der Waals surface area contributed by atoms with Crippen LogP contribution in [0.3, 0.4) is 0 Å². The number of methoxy groups -OCH3 is 1. The van der Waals surface area contributed by atoms with E-state index in [4.69, 9.17) is 22.1 Å². The Labute approximate surface area is 115 Å². The average Bonchev–Trinajstić information content (AvgIpc) is 2.69. The van der Waals surface area contributed by atoms with Gasteiger partial charge in [-0.25, -0.2) is 0 Å². The van der Waals surface area contributed by atoms with Gasteiger partial charge >= 0.3 is 0 Å². The van der Waals surface area contributed by atoms with Crippen molar-refractivity contribution in [2.45, 2.75) is 0 Å². The molecule has 0 spiro atoms. The molecule has 100 valence electrons. The van der Waals surface area contributed by atoms with Crippen molar-refractivity contribution in [3.63, 3.8) is 0 Å². The van der Waals surface area contributed by atoms with Crippen molar-refractivity contribution in [1.29, 1.82) is 0 Å². The second-order valence-electron chi connectivity index (χ2n) is 3.91. The fraction of sp³-hybridized carbons (Fsp3) is 0.167. The summed E-state index contributed by atoms with van der Waals surface area (Å²) >= 11 is 5.97. The third kappa shape index (κ3) is 2.79. The van der Waals surface area contributed by atoms with Gasteiger partial charge in [0.2, 0.25) is 0 Å². The maximum absolute atomic E-state index is 12.0. The molecular formula is C12H13ClN4O2.